The molecule has 1 aromatic carbocycles. The third-order valence-electron chi connectivity index (χ3n) is 3.72. The first-order valence-electron chi connectivity index (χ1n) is 6.97. The Balaban J connectivity index is 3.12. The van der Waals surface area contributed by atoms with E-state index in [1.807, 2.05) is 0 Å². The molecule has 0 aliphatic heterocycles. The Bertz CT molecular complexity index is 441. The molecule has 0 heterocycles. The summed E-state index contributed by atoms with van der Waals surface area (Å²) in [6, 6.07) is 6.60. The summed E-state index contributed by atoms with van der Waals surface area (Å²) in [4.78, 5) is 11.5. The number of carbonyl (C=O) groups excluding carboxylic acids is 1. The summed E-state index contributed by atoms with van der Waals surface area (Å²) >= 11 is 0. The molecule has 1 unspecified atom stereocenters. The second kappa shape index (κ2) is 6.23. The SMILES string of the molecule is CCC(CC(=O)OC)c1cc(C(C)(C)C)ccc1C. The first-order chi connectivity index (χ1) is 8.79. The molecule has 1 aromatic rings. The average Bonchev–Trinajstić information content (AvgIpc) is 2.35. The third kappa shape index (κ3) is 4.09. The molecule has 0 N–H and O–H groups in total. The smallest absolute Gasteiger partial charge is 0.306 e. The van der Waals surface area contributed by atoms with E-state index in [9.17, 15) is 4.79 Å². The molecule has 0 saturated heterocycles. The van der Waals surface area contributed by atoms with Crippen molar-refractivity contribution >= 4 is 5.97 Å². The lowest BCUT2D eigenvalue weighted by Gasteiger charge is -2.23. The van der Waals surface area contributed by atoms with Gasteiger partial charge in [-0.2, -0.15) is 0 Å². The molecular weight excluding hydrogens is 236 g/mol. The van der Waals surface area contributed by atoms with Gasteiger partial charge in [0.25, 0.3) is 0 Å². The van der Waals surface area contributed by atoms with E-state index < -0.39 is 0 Å². The lowest BCUT2D eigenvalue weighted by Crippen LogP contribution is -2.14. The lowest BCUT2D eigenvalue weighted by molar-refractivity contribution is -0.141. The zero-order chi connectivity index (χ0) is 14.6. The summed E-state index contributed by atoms with van der Waals surface area (Å²) in [5, 5.41) is 0. The summed E-state index contributed by atoms with van der Waals surface area (Å²) in [5.74, 6) is 0.113. The van der Waals surface area contributed by atoms with E-state index >= 15 is 0 Å². The zero-order valence-corrected chi connectivity index (χ0v) is 13.0. The summed E-state index contributed by atoms with van der Waals surface area (Å²) < 4.78 is 4.80. The fourth-order valence-electron chi connectivity index (χ4n) is 2.31. The number of rotatable bonds is 4. The average molecular weight is 262 g/mol. The molecular formula is C17H26O2. The van der Waals surface area contributed by atoms with Gasteiger partial charge in [-0.3, -0.25) is 4.79 Å². The van der Waals surface area contributed by atoms with Gasteiger partial charge in [0.15, 0.2) is 0 Å². The quantitative estimate of drug-likeness (QED) is 0.754. The van der Waals surface area contributed by atoms with E-state index in [1.54, 1.807) is 0 Å². The maximum atomic E-state index is 11.5. The van der Waals surface area contributed by atoms with Gasteiger partial charge in [0.2, 0.25) is 0 Å². The van der Waals surface area contributed by atoms with Crippen molar-refractivity contribution in [2.45, 2.75) is 58.8 Å². The number of ether oxygens (including phenoxy) is 1. The van der Waals surface area contributed by atoms with Crippen LogP contribution in [0.1, 0.15) is 63.1 Å². The topological polar surface area (TPSA) is 26.3 Å². The zero-order valence-electron chi connectivity index (χ0n) is 13.0. The highest BCUT2D eigenvalue weighted by atomic mass is 16.5. The van der Waals surface area contributed by atoms with Crippen LogP contribution in [0.25, 0.3) is 0 Å². The highest BCUT2D eigenvalue weighted by Gasteiger charge is 2.20. The van der Waals surface area contributed by atoms with Crippen LogP contribution in [0.15, 0.2) is 18.2 Å². The van der Waals surface area contributed by atoms with Gasteiger partial charge in [-0.1, -0.05) is 45.9 Å². The van der Waals surface area contributed by atoms with Gasteiger partial charge in [0, 0.05) is 0 Å². The van der Waals surface area contributed by atoms with E-state index in [4.69, 9.17) is 4.74 Å². The Hall–Kier alpha value is -1.31. The number of esters is 1. The van der Waals surface area contributed by atoms with Crippen LogP contribution in [-0.4, -0.2) is 13.1 Å². The van der Waals surface area contributed by atoms with Gasteiger partial charge in [0.1, 0.15) is 0 Å². The molecule has 0 bridgehead atoms. The Morgan fingerprint density at radius 2 is 1.95 bits per heavy atom. The first-order valence-corrected chi connectivity index (χ1v) is 6.97. The Labute approximate surface area is 117 Å². The number of methoxy groups -OCH3 is 1. The van der Waals surface area contributed by atoms with Gasteiger partial charge in [-0.05, 0) is 41.4 Å². The molecule has 19 heavy (non-hydrogen) atoms. The minimum atomic E-state index is -0.132. The van der Waals surface area contributed by atoms with Crippen LogP contribution in [0.5, 0.6) is 0 Å². The van der Waals surface area contributed by atoms with E-state index in [-0.39, 0.29) is 17.3 Å². The van der Waals surface area contributed by atoms with Crippen molar-refractivity contribution in [3.05, 3.63) is 34.9 Å². The van der Waals surface area contributed by atoms with Crippen molar-refractivity contribution in [1.82, 2.24) is 0 Å². The maximum absolute atomic E-state index is 11.5. The van der Waals surface area contributed by atoms with Gasteiger partial charge in [0.05, 0.1) is 13.5 Å². The van der Waals surface area contributed by atoms with Crippen molar-refractivity contribution in [2.24, 2.45) is 0 Å². The molecule has 106 valence electrons. The number of carbonyl (C=O) groups is 1. The van der Waals surface area contributed by atoms with E-state index in [2.05, 4.69) is 52.8 Å². The molecule has 0 aliphatic rings. The second-order valence-electron chi connectivity index (χ2n) is 6.21. The van der Waals surface area contributed by atoms with E-state index in [1.165, 1.54) is 23.8 Å². The predicted molar refractivity (Wildman–Crippen MR) is 79.5 cm³/mol. The van der Waals surface area contributed by atoms with Crippen LogP contribution >= 0.6 is 0 Å². The van der Waals surface area contributed by atoms with Crippen molar-refractivity contribution < 1.29 is 9.53 Å². The molecule has 2 nitrogen and oxygen atoms in total. The van der Waals surface area contributed by atoms with Gasteiger partial charge >= 0.3 is 5.97 Å². The fourth-order valence-corrected chi connectivity index (χ4v) is 2.31. The second-order valence-corrected chi connectivity index (χ2v) is 6.21. The van der Waals surface area contributed by atoms with Crippen LogP contribution in [-0.2, 0) is 14.9 Å². The van der Waals surface area contributed by atoms with E-state index in [0.29, 0.717) is 6.42 Å². The summed E-state index contributed by atoms with van der Waals surface area (Å²) in [6.07, 6.45) is 1.41. The normalized spacial score (nSPS) is 13.2. The molecule has 0 radical (unpaired) electrons. The van der Waals surface area contributed by atoms with Crippen LogP contribution in [0.4, 0.5) is 0 Å². The molecule has 2 heteroatoms. The number of hydrogen-bond acceptors (Lipinski definition) is 2. The predicted octanol–water partition coefficient (Wildman–Crippen LogP) is 4.35. The third-order valence-corrected chi connectivity index (χ3v) is 3.72. The van der Waals surface area contributed by atoms with Crippen molar-refractivity contribution in [2.75, 3.05) is 7.11 Å². The lowest BCUT2D eigenvalue weighted by atomic mass is 9.82. The van der Waals surface area contributed by atoms with Gasteiger partial charge in [-0.25, -0.2) is 0 Å². The molecule has 0 spiro atoms. The molecule has 0 aromatic heterocycles. The van der Waals surface area contributed by atoms with Gasteiger partial charge < -0.3 is 4.74 Å². The fraction of sp³-hybridized carbons (Fsp3) is 0.588. The van der Waals surface area contributed by atoms with E-state index in [0.717, 1.165) is 6.42 Å². The first kappa shape index (κ1) is 15.7. The minimum Gasteiger partial charge on any atom is -0.469 e. The van der Waals surface area contributed by atoms with Crippen LogP contribution in [0.3, 0.4) is 0 Å². The monoisotopic (exact) mass is 262 g/mol. The molecule has 0 saturated carbocycles. The van der Waals surface area contributed by atoms with Gasteiger partial charge in [-0.15, -0.1) is 0 Å². The molecule has 0 amide bonds. The van der Waals surface area contributed by atoms with Crippen LogP contribution in [0, 0.1) is 6.92 Å². The Kier molecular flexibility index (Phi) is 5.16. The van der Waals surface area contributed by atoms with Crippen molar-refractivity contribution in [3.63, 3.8) is 0 Å². The van der Waals surface area contributed by atoms with Crippen molar-refractivity contribution in [3.8, 4) is 0 Å². The molecule has 0 fully saturated rings. The molecule has 1 rings (SSSR count). The summed E-state index contributed by atoms with van der Waals surface area (Å²) in [6.45, 7) is 10.9. The number of benzene rings is 1. The highest BCUT2D eigenvalue weighted by molar-refractivity contribution is 5.70. The number of hydrogen-bond donors (Lipinski definition) is 0. The standard InChI is InChI=1S/C17H26O2/c1-7-13(10-16(18)19-6)15-11-14(17(3,4)5)9-8-12(15)2/h8-9,11,13H,7,10H2,1-6H3. The maximum Gasteiger partial charge on any atom is 0.306 e. The van der Waals surface area contributed by atoms with Crippen LogP contribution in [0.2, 0.25) is 0 Å². The minimum absolute atomic E-state index is 0.131. The summed E-state index contributed by atoms with van der Waals surface area (Å²) in [7, 11) is 1.45. The largest absolute Gasteiger partial charge is 0.469 e. The molecule has 1 atom stereocenters. The highest BCUT2D eigenvalue weighted by Crippen LogP contribution is 2.31. The molecule has 0 aliphatic carbocycles. The van der Waals surface area contributed by atoms with Crippen LogP contribution < -0.4 is 0 Å². The Morgan fingerprint density at radius 3 is 2.42 bits per heavy atom. The Morgan fingerprint density at radius 1 is 1.32 bits per heavy atom. The number of aryl methyl sites for hydroxylation is 1. The van der Waals surface area contributed by atoms with Crippen molar-refractivity contribution in [1.29, 1.82) is 0 Å². The summed E-state index contributed by atoms with van der Waals surface area (Å²) in [5.41, 5.74) is 3.98.